The first-order chi connectivity index (χ1) is 11.7. The summed E-state index contributed by atoms with van der Waals surface area (Å²) in [5.74, 6) is 0.438. The van der Waals surface area contributed by atoms with Gasteiger partial charge in [0.25, 0.3) is 0 Å². The highest BCUT2D eigenvalue weighted by molar-refractivity contribution is 5.70. The number of carbonyl (C=O) groups excluding carboxylic acids is 1. The number of amides is 1. The Labute approximate surface area is 143 Å². The molecule has 3 unspecified atom stereocenters. The van der Waals surface area contributed by atoms with E-state index in [4.69, 9.17) is 4.84 Å². The van der Waals surface area contributed by atoms with Crippen molar-refractivity contribution >= 4 is 11.8 Å². The second-order valence-corrected chi connectivity index (χ2v) is 7.47. The largest absolute Gasteiger partial charge is 0.431 e. The van der Waals surface area contributed by atoms with Gasteiger partial charge < -0.3 is 15.1 Å². The number of hydroxylamine groups is 1. The van der Waals surface area contributed by atoms with E-state index >= 15 is 0 Å². The molecule has 1 N–H and O–H groups in total. The topological polar surface area (TPSA) is 44.8 Å². The molecule has 3 atom stereocenters. The summed E-state index contributed by atoms with van der Waals surface area (Å²) in [6, 6.07) is 9.70. The standard InChI is InChI=1S/C19H27N3O2/c1-3-13-12-22(18-7-5-4-6-17(13)18)24-19(23)20-14-10-15-8-9-16(11-14)21(15)2/h4-7,13-16H,3,8-12H2,1-2H3,(H,20,23). The van der Waals surface area contributed by atoms with Crippen molar-refractivity contribution in [2.24, 2.45) is 0 Å². The van der Waals surface area contributed by atoms with E-state index < -0.39 is 0 Å². The van der Waals surface area contributed by atoms with Crippen LogP contribution in [0.2, 0.25) is 0 Å². The van der Waals surface area contributed by atoms with Gasteiger partial charge in [-0.25, -0.2) is 9.86 Å². The van der Waals surface area contributed by atoms with Crippen molar-refractivity contribution in [3.8, 4) is 0 Å². The van der Waals surface area contributed by atoms with Gasteiger partial charge in [-0.2, -0.15) is 0 Å². The molecule has 1 amide bonds. The molecule has 3 aliphatic heterocycles. The molecule has 2 bridgehead atoms. The molecule has 2 fully saturated rings. The van der Waals surface area contributed by atoms with Crippen LogP contribution in [0.3, 0.4) is 0 Å². The van der Waals surface area contributed by atoms with E-state index in [0.717, 1.165) is 31.5 Å². The van der Waals surface area contributed by atoms with Gasteiger partial charge in [-0.05, 0) is 50.8 Å². The van der Waals surface area contributed by atoms with E-state index in [2.05, 4.69) is 36.3 Å². The Hall–Kier alpha value is -1.75. The molecule has 24 heavy (non-hydrogen) atoms. The van der Waals surface area contributed by atoms with Crippen molar-refractivity contribution in [3.05, 3.63) is 29.8 Å². The third-order valence-electron chi connectivity index (χ3n) is 6.14. The number of carbonyl (C=O) groups is 1. The van der Waals surface area contributed by atoms with Gasteiger partial charge in [0.15, 0.2) is 0 Å². The second kappa shape index (κ2) is 6.28. The SMILES string of the molecule is CCC1CN(OC(=O)NC2CC3CCC(C2)N3C)c2ccccc21. The fraction of sp³-hybridized carbons (Fsp3) is 0.632. The molecule has 1 aromatic carbocycles. The van der Waals surface area contributed by atoms with E-state index in [0.29, 0.717) is 18.0 Å². The maximum absolute atomic E-state index is 12.4. The maximum Gasteiger partial charge on any atom is 0.431 e. The molecule has 130 valence electrons. The fourth-order valence-electron chi connectivity index (χ4n) is 4.71. The van der Waals surface area contributed by atoms with E-state index in [-0.39, 0.29) is 12.1 Å². The summed E-state index contributed by atoms with van der Waals surface area (Å²) in [4.78, 5) is 20.5. The molecule has 0 aliphatic carbocycles. The Morgan fingerprint density at radius 2 is 1.96 bits per heavy atom. The number of fused-ring (bicyclic) bond motifs is 3. The van der Waals surface area contributed by atoms with E-state index in [1.165, 1.54) is 18.4 Å². The minimum atomic E-state index is -0.310. The predicted octanol–water partition coefficient (Wildman–Crippen LogP) is 3.27. The van der Waals surface area contributed by atoms with Crippen LogP contribution in [0, 0.1) is 0 Å². The number of hydrogen-bond acceptors (Lipinski definition) is 4. The minimum absolute atomic E-state index is 0.242. The predicted molar refractivity (Wildman–Crippen MR) is 94.0 cm³/mol. The number of nitrogens with one attached hydrogen (secondary N) is 1. The molecule has 5 heteroatoms. The number of hydrogen-bond donors (Lipinski definition) is 1. The van der Waals surface area contributed by atoms with Crippen molar-refractivity contribution in [1.29, 1.82) is 0 Å². The number of para-hydroxylation sites is 1. The van der Waals surface area contributed by atoms with Gasteiger partial charge in [0.1, 0.15) is 0 Å². The minimum Gasteiger partial charge on any atom is -0.322 e. The van der Waals surface area contributed by atoms with Gasteiger partial charge in [0, 0.05) is 24.0 Å². The first kappa shape index (κ1) is 15.8. The van der Waals surface area contributed by atoms with Crippen molar-refractivity contribution in [2.45, 2.75) is 63.1 Å². The summed E-state index contributed by atoms with van der Waals surface area (Å²) in [6.07, 6.45) is 5.33. The zero-order valence-corrected chi connectivity index (χ0v) is 14.6. The highest BCUT2D eigenvalue weighted by Gasteiger charge is 2.39. The number of benzene rings is 1. The Morgan fingerprint density at radius 1 is 1.25 bits per heavy atom. The van der Waals surface area contributed by atoms with Crippen LogP contribution in [-0.2, 0) is 4.84 Å². The lowest BCUT2D eigenvalue weighted by molar-refractivity contribution is 0.111. The van der Waals surface area contributed by atoms with Crippen LogP contribution >= 0.6 is 0 Å². The van der Waals surface area contributed by atoms with Crippen molar-refractivity contribution < 1.29 is 9.63 Å². The summed E-state index contributed by atoms with van der Waals surface area (Å²) in [7, 11) is 2.21. The third-order valence-corrected chi connectivity index (χ3v) is 6.14. The molecule has 0 radical (unpaired) electrons. The maximum atomic E-state index is 12.4. The van der Waals surface area contributed by atoms with Crippen LogP contribution in [-0.4, -0.2) is 42.7 Å². The normalized spacial score (nSPS) is 31.8. The molecule has 3 aliphatic rings. The molecule has 0 spiro atoms. The van der Waals surface area contributed by atoms with Crippen LogP contribution in [0.25, 0.3) is 0 Å². The average molecular weight is 329 g/mol. The van der Waals surface area contributed by atoms with E-state index in [9.17, 15) is 4.79 Å². The molecular weight excluding hydrogens is 302 g/mol. The van der Waals surface area contributed by atoms with E-state index in [1.807, 2.05) is 12.1 Å². The van der Waals surface area contributed by atoms with Crippen molar-refractivity contribution in [3.63, 3.8) is 0 Å². The molecule has 0 saturated carbocycles. The van der Waals surface area contributed by atoms with Crippen LogP contribution in [0.1, 0.15) is 50.5 Å². The fourth-order valence-corrected chi connectivity index (χ4v) is 4.71. The highest BCUT2D eigenvalue weighted by Crippen LogP contribution is 2.38. The first-order valence-electron chi connectivity index (χ1n) is 9.22. The van der Waals surface area contributed by atoms with Crippen LogP contribution < -0.4 is 10.4 Å². The van der Waals surface area contributed by atoms with Gasteiger partial charge in [0.2, 0.25) is 0 Å². The number of piperidine rings is 1. The zero-order chi connectivity index (χ0) is 16.7. The molecule has 3 heterocycles. The summed E-state index contributed by atoms with van der Waals surface area (Å²) in [5, 5.41) is 4.87. The summed E-state index contributed by atoms with van der Waals surface area (Å²) in [5.41, 5.74) is 2.31. The second-order valence-electron chi connectivity index (χ2n) is 7.47. The first-order valence-corrected chi connectivity index (χ1v) is 9.22. The monoisotopic (exact) mass is 329 g/mol. The molecule has 4 rings (SSSR count). The van der Waals surface area contributed by atoms with Crippen molar-refractivity contribution in [1.82, 2.24) is 10.2 Å². The number of nitrogens with zero attached hydrogens (tertiary/aromatic N) is 2. The quantitative estimate of drug-likeness (QED) is 0.924. The average Bonchev–Trinajstić information content (AvgIpc) is 3.01. The molecule has 1 aromatic rings. The van der Waals surface area contributed by atoms with Gasteiger partial charge in [-0.3, -0.25) is 0 Å². The smallest absolute Gasteiger partial charge is 0.322 e. The van der Waals surface area contributed by atoms with Gasteiger partial charge in [-0.1, -0.05) is 25.1 Å². The molecule has 2 saturated heterocycles. The van der Waals surface area contributed by atoms with Crippen LogP contribution in [0.15, 0.2) is 24.3 Å². The van der Waals surface area contributed by atoms with Gasteiger partial charge in [-0.15, -0.1) is 0 Å². The molecular formula is C19H27N3O2. The summed E-state index contributed by atoms with van der Waals surface area (Å²) in [6.45, 7) is 2.93. The molecule has 5 nitrogen and oxygen atoms in total. The number of rotatable bonds is 3. The van der Waals surface area contributed by atoms with Gasteiger partial charge in [0.05, 0.1) is 12.2 Å². The Bertz CT molecular complexity index is 606. The number of anilines is 1. The Kier molecular flexibility index (Phi) is 4.12. The zero-order valence-electron chi connectivity index (χ0n) is 14.6. The lowest BCUT2D eigenvalue weighted by atomic mass is 9.98. The summed E-state index contributed by atoms with van der Waals surface area (Å²) >= 11 is 0. The summed E-state index contributed by atoms with van der Waals surface area (Å²) < 4.78 is 0. The van der Waals surface area contributed by atoms with Crippen LogP contribution in [0.4, 0.5) is 10.5 Å². The molecule has 0 aromatic heterocycles. The van der Waals surface area contributed by atoms with Gasteiger partial charge >= 0.3 is 6.09 Å². The van der Waals surface area contributed by atoms with Crippen molar-refractivity contribution in [2.75, 3.05) is 18.7 Å². The third kappa shape index (κ3) is 2.75. The lowest BCUT2D eigenvalue weighted by Crippen LogP contribution is -2.49. The Morgan fingerprint density at radius 3 is 2.67 bits per heavy atom. The Balaban J connectivity index is 1.37. The highest BCUT2D eigenvalue weighted by atomic mass is 16.7. The van der Waals surface area contributed by atoms with Crippen LogP contribution in [0.5, 0.6) is 0 Å². The lowest BCUT2D eigenvalue weighted by Gasteiger charge is -2.36. The van der Waals surface area contributed by atoms with E-state index in [1.54, 1.807) is 5.06 Å².